The Hall–Kier alpha value is -1.59. The number of ether oxygens (including phenoxy) is 1. The lowest BCUT2D eigenvalue weighted by atomic mass is 9.88. The largest absolute Gasteiger partial charge is 0.419 e. The van der Waals surface area contributed by atoms with Crippen molar-refractivity contribution in [3.63, 3.8) is 0 Å². The van der Waals surface area contributed by atoms with Crippen molar-refractivity contribution in [3.05, 3.63) is 34.3 Å². The van der Waals surface area contributed by atoms with Gasteiger partial charge in [-0.1, -0.05) is 13.0 Å². The number of rotatable bonds is 4. The first kappa shape index (κ1) is 14.4. The van der Waals surface area contributed by atoms with Gasteiger partial charge in [-0.3, -0.25) is 4.57 Å². The fourth-order valence-corrected chi connectivity index (χ4v) is 3.15. The van der Waals surface area contributed by atoms with Gasteiger partial charge in [-0.25, -0.2) is 4.79 Å². The molecule has 3 rings (SSSR count). The topological polar surface area (TPSA) is 56.4 Å². The number of fused-ring (bicyclic) bond motifs is 1. The Morgan fingerprint density at radius 2 is 2.33 bits per heavy atom. The molecule has 114 valence electrons. The number of benzene rings is 1. The molecule has 0 saturated carbocycles. The molecule has 0 bridgehead atoms. The molecule has 1 aliphatic rings. The Balaban J connectivity index is 1.96. The lowest BCUT2D eigenvalue weighted by Crippen LogP contribution is -2.33. The predicted molar refractivity (Wildman–Crippen MR) is 81.4 cm³/mol. The van der Waals surface area contributed by atoms with E-state index in [1.54, 1.807) is 7.05 Å². The molecule has 0 radical (unpaired) electrons. The first-order chi connectivity index (χ1) is 10.2. The van der Waals surface area contributed by atoms with E-state index < -0.39 is 0 Å². The normalized spacial score (nSPS) is 20.8. The van der Waals surface area contributed by atoms with Gasteiger partial charge in [-0.2, -0.15) is 0 Å². The van der Waals surface area contributed by atoms with Crippen LogP contribution >= 0.6 is 0 Å². The van der Waals surface area contributed by atoms with Crippen LogP contribution in [0.1, 0.15) is 31.4 Å². The minimum atomic E-state index is -0.317. The third-order valence-corrected chi connectivity index (χ3v) is 4.27. The zero-order valence-corrected chi connectivity index (χ0v) is 12.6. The van der Waals surface area contributed by atoms with Gasteiger partial charge in [0.25, 0.3) is 0 Å². The summed E-state index contributed by atoms with van der Waals surface area (Å²) >= 11 is 0. The van der Waals surface area contributed by atoms with Crippen molar-refractivity contribution in [3.8, 4) is 0 Å². The number of aryl methyl sites for hydroxylation is 1. The molecule has 5 heteroatoms. The van der Waals surface area contributed by atoms with Crippen molar-refractivity contribution in [1.29, 1.82) is 0 Å². The Morgan fingerprint density at radius 1 is 1.48 bits per heavy atom. The van der Waals surface area contributed by atoms with Crippen LogP contribution in [0.25, 0.3) is 11.1 Å². The minimum absolute atomic E-state index is 0.241. The summed E-state index contributed by atoms with van der Waals surface area (Å²) in [5.41, 5.74) is 2.65. The highest BCUT2D eigenvalue weighted by Gasteiger charge is 2.25. The van der Waals surface area contributed by atoms with E-state index in [-0.39, 0.29) is 11.8 Å². The van der Waals surface area contributed by atoms with Crippen LogP contribution in [0.2, 0.25) is 0 Å². The maximum atomic E-state index is 11.6. The van der Waals surface area contributed by atoms with Gasteiger partial charge in [0.15, 0.2) is 5.58 Å². The molecule has 2 aromatic rings. The van der Waals surface area contributed by atoms with Crippen molar-refractivity contribution in [2.75, 3.05) is 19.8 Å². The van der Waals surface area contributed by atoms with Crippen LogP contribution < -0.4 is 11.1 Å². The molecule has 2 atom stereocenters. The van der Waals surface area contributed by atoms with Gasteiger partial charge in [0.2, 0.25) is 0 Å². The lowest BCUT2D eigenvalue weighted by molar-refractivity contribution is 0.0393. The zero-order chi connectivity index (χ0) is 14.8. The van der Waals surface area contributed by atoms with Crippen LogP contribution in [0.3, 0.4) is 0 Å². The number of aromatic nitrogens is 1. The maximum absolute atomic E-state index is 11.6. The Morgan fingerprint density at radius 3 is 3.05 bits per heavy atom. The summed E-state index contributed by atoms with van der Waals surface area (Å²) in [5.74, 6) is 0.148. The second-order valence-corrected chi connectivity index (χ2v) is 5.67. The maximum Gasteiger partial charge on any atom is 0.419 e. The van der Waals surface area contributed by atoms with Crippen LogP contribution in [0.5, 0.6) is 0 Å². The summed E-state index contributed by atoms with van der Waals surface area (Å²) < 4.78 is 12.5. The number of hydrogen-bond acceptors (Lipinski definition) is 4. The van der Waals surface area contributed by atoms with Gasteiger partial charge >= 0.3 is 5.76 Å². The molecule has 2 unspecified atom stereocenters. The fourth-order valence-electron chi connectivity index (χ4n) is 3.15. The first-order valence-corrected chi connectivity index (χ1v) is 7.61. The third-order valence-electron chi connectivity index (χ3n) is 4.27. The van der Waals surface area contributed by atoms with Gasteiger partial charge in [-0.05, 0) is 37.1 Å². The van der Waals surface area contributed by atoms with E-state index in [1.165, 1.54) is 4.57 Å². The van der Waals surface area contributed by atoms with Gasteiger partial charge < -0.3 is 14.5 Å². The molecule has 1 saturated heterocycles. The third kappa shape index (κ3) is 2.76. The average Bonchev–Trinajstić information content (AvgIpc) is 2.80. The van der Waals surface area contributed by atoms with Gasteiger partial charge in [-0.15, -0.1) is 0 Å². The summed E-state index contributed by atoms with van der Waals surface area (Å²) in [6.07, 6.45) is 2.27. The first-order valence-electron chi connectivity index (χ1n) is 7.61. The second-order valence-electron chi connectivity index (χ2n) is 5.67. The number of nitrogens with one attached hydrogen (secondary N) is 1. The molecule has 0 aliphatic carbocycles. The van der Waals surface area contributed by atoms with Crippen molar-refractivity contribution in [2.45, 2.75) is 25.8 Å². The zero-order valence-electron chi connectivity index (χ0n) is 12.6. The minimum Gasteiger partial charge on any atom is -0.408 e. The summed E-state index contributed by atoms with van der Waals surface area (Å²) in [5, 5.41) is 3.55. The molecule has 0 amide bonds. The molecule has 5 nitrogen and oxygen atoms in total. The van der Waals surface area contributed by atoms with Crippen LogP contribution in [0.4, 0.5) is 0 Å². The molecular formula is C16H22N2O3. The highest BCUT2D eigenvalue weighted by Crippen LogP contribution is 2.30. The number of oxazole rings is 1. The number of hydrogen-bond donors (Lipinski definition) is 1. The quantitative estimate of drug-likeness (QED) is 0.938. The highest BCUT2D eigenvalue weighted by atomic mass is 16.5. The standard InChI is InChI=1S/C16H22N2O3/c1-3-17-15(12-5-4-8-20-10-12)11-6-7-13-14(9-11)21-16(19)18(13)2/h6-7,9,12,15,17H,3-5,8,10H2,1-2H3. The number of nitrogens with zero attached hydrogens (tertiary/aromatic N) is 1. The van der Waals surface area contributed by atoms with E-state index in [0.29, 0.717) is 11.5 Å². The van der Waals surface area contributed by atoms with Crippen molar-refractivity contribution in [1.82, 2.24) is 9.88 Å². The van der Waals surface area contributed by atoms with Crippen molar-refractivity contribution < 1.29 is 9.15 Å². The molecule has 1 N–H and O–H groups in total. The molecular weight excluding hydrogens is 268 g/mol. The van der Waals surface area contributed by atoms with Crippen LogP contribution in [-0.2, 0) is 11.8 Å². The Kier molecular flexibility index (Phi) is 4.12. The van der Waals surface area contributed by atoms with E-state index in [9.17, 15) is 4.79 Å². The van der Waals surface area contributed by atoms with Crippen molar-refractivity contribution >= 4 is 11.1 Å². The average molecular weight is 290 g/mol. The molecule has 1 aromatic heterocycles. The Labute approximate surface area is 123 Å². The van der Waals surface area contributed by atoms with Gasteiger partial charge in [0, 0.05) is 25.6 Å². The van der Waals surface area contributed by atoms with E-state index in [2.05, 4.69) is 18.3 Å². The molecule has 0 spiro atoms. The summed E-state index contributed by atoms with van der Waals surface area (Å²) in [7, 11) is 1.73. The van der Waals surface area contributed by atoms with E-state index in [1.807, 2.05) is 12.1 Å². The Bertz CT molecular complexity index is 668. The summed E-state index contributed by atoms with van der Waals surface area (Å²) in [4.78, 5) is 11.6. The molecule has 1 aromatic carbocycles. The van der Waals surface area contributed by atoms with E-state index >= 15 is 0 Å². The molecule has 2 heterocycles. The van der Waals surface area contributed by atoms with Crippen LogP contribution in [0.15, 0.2) is 27.4 Å². The highest BCUT2D eigenvalue weighted by molar-refractivity contribution is 5.73. The molecule has 1 fully saturated rings. The SMILES string of the molecule is CCNC(c1ccc2c(c1)oc(=O)n2C)C1CCCOC1. The van der Waals surface area contributed by atoms with Crippen LogP contribution in [-0.4, -0.2) is 24.3 Å². The van der Waals surface area contributed by atoms with Crippen molar-refractivity contribution in [2.24, 2.45) is 13.0 Å². The lowest BCUT2D eigenvalue weighted by Gasteiger charge is -2.31. The van der Waals surface area contributed by atoms with Crippen LogP contribution in [0, 0.1) is 5.92 Å². The fraction of sp³-hybridized carbons (Fsp3) is 0.562. The predicted octanol–water partition coefficient (Wildman–Crippen LogP) is 2.21. The summed E-state index contributed by atoms with van der Waals surface area (Å²) in [6.45, 7) is 4.66. The summed E-state index contributed by atoms with van der Waals surface area (Å²) in [6, 6.07) is 6.27. The van der Waals surface area contributed by atoms with Gasteiger partial charge in [0.05, 0.1) is 12.1 Å². The van der Waals surface area contributed by atoms with E-state index in [0.717, 1.165) is 43.7 Å². The smallest absolute Gasteiger partial charge is 0.408 e. The van der Waals surface area contributed by atoms with E-state index in [4.69, 9.17) is 9.15 Å². The molecule has 21 heavy (non-hydrogen) atoms. The molecule has 1 aliphatic heterocycles. The van der Waals surface area contributed by atoms with Gasteiger partial charge in [0.1, 0.15) is 0 Å². The second kappa shape index (κ2) is 6.03. The monoisotopic (exact) mass is 290 g/mol.